The van der Waals surface area contributed by atoms with Gasteiger partial charge in [0.15, 0.2) is 0 Å². The van der Waals surface area contributed by atoms with Crippen LogP contribution in [0.1, 0.15) is 31.7 Å². The molecule has 1 aromatic heterocycles. The number of thiophene rings is 1. The molecule has 0 radical (unpaired) electrons. The van der Waals surface area contributed by atoms with Crippen LogP contribution < -0.4 is 10.5 Å². The van der Waals surface area contributed by atoms with Crippen molar-refractivity contribution in [2.45, 2.75) is 26.8 Å². The van der Waals surface area contributed by atoms with Gasteiger partial charge in [-0.05, 0) is 16.9 Å². The fourth-order valence-corrected chi connectivity index (χ4v) is 4.41. The van der Waals surface area contributed by atoms with Crippen molar-refractivity contribution in [1.29, 1.82) is 0 Å². The van der Waals surface area contributed by atoms with E-state index in [1.54, 1.807) is 11.3 Å². The first kappa shape index (κ1) is 19.3. The Hall–Kier alpha value is -1.00. The predicted molar refractivity (Wildman–Crippen MR) is 95.8 cm³/mol. The number of piperazine rings is 1. The minimum Gasteiger partial charge on any atom is -0.347 e. The Morgan fingerprint density at radius 3 is 2.42 bits per heavy atom. The van der Waals surface area contributed by atoms with Crippen molar-refractivity contribution in [3.63, 3.8) is 0 Å². The van der Waals surface area contributed by atoms with Crippen LogP contribution in [0, 0.1) is 5.41 Å². The van der Waals surface area contributed by atoms with Crippen LogP contribution in [0.5, 0.6) is 0 Å². The van der Waals surface area contributed by atoms with Crippen LogP contribution in [0.25, 0.3) is 0 Å². The maximum atomic E-state index is 12.4. The predicted octanol–water partition coefficient (Wildman–Crippen LogP) is 0.773. The number of carbonyl (C=O) groups is 1. The molecule has 1 aromatic rings. The van der Waals surface area contributed by atoms with Crippen LogP contribution in [0.4, 0.5) is 0 Å². The molecule has 24 heavy (non-hydrogen) atoms. The van der Waals surface area contributed by atoms with Crippen LogP contribution in [-0.2, 0) is 15.0 Å². The second kappa shape index (κ2) is 7.49. The minimum absolute atomic E-state index is 0.0456. The van der Waals surface area contributed by atoms with E-state index in [4.69, 9.17) is 5.14 Å². The molecule has 1 aliphatic heterocycles. The molecule has 136 valence electrons. The second-order valence-corrected chi connectivity index (χ2v) is 9.63. The molecule has 2 heterocycles. The van der Waals surface area contributed by atoms with Crippen molar-refractivity contribution in [2.75, 3.05) is 32.7 Å². The summed E-state index contributed by atoms with van der Waals surface area (Å²) < 4.78 is 23.9. The molecule has 0 saturated carbocycles. The van der Waals surface area contributed by atoms with E-state index in [-0.39, 0.29) is 23.9 Å². The molecule has 1 fully saturated rings. The summed E-state index contributed by atoms with van der Waals surface area (Å²) >= 11 is 1.63. The number of nitrogens with two attached hydrogens (primary N) is 1. The highest BCUT2D eigenvalue weighted by molar-refractivity contribution is 7.86. The normalized spacial score (nSPS) is 19.2. The van der Waals surface area contributed by atoms with Gasteiger partial charge < -0.3 is 5.32 Å². The standard InChI is InChI=1S/C15H26N4O3S2/c1-15(2,3)14(12-5-4-10-23-12)17-13(20)11-18-6-8-19(9-7-18)24(16,21)22/h4-5,10,14H,6-9,11H2,1-3H3,(H,17,20)(H2,16,21,22). The summed E-state index contributed by atoms with van der Waals surface area (Å²) in [4.78, 5) is 15.5. The molecule has 1 aliphatic rings. The van der Waals surface area contributed by atoms with E-state index in [1.165, 1.54) is 4.31 Å². The Balaban J connectivity index is 1.91. The minimum atomic E-state index is -3.64. The summed E-state index contributed by atoms with van der Waals surface area (Å²) in [5, 5.41) is 10.3. The van der Waals surface area contributed by atoms with E-state index in [1.807, 2.05) is 22.4 Å². The highest BCUT2D eigenvalue weighted by Crippen LogP contribution is 2.35. The Bertz CT molecular complexity index is 645. The van der Waals surface area contributed by atoms with Gasteiger partial charge in [-0.25, -0.2) is 5.14 Å². The van der Waals surface area contributed by atoms with Crippen molar-refractivity contribution in [3.05, 3.63) is 22.4 Å². The lowest BCUT2D eigenvalue weighted by Crippen LogP contribution is -2.53. The zero-order valence-corrected chi connectivity index (χ0v) is 16.0. The molecular formula is C15H26N4O3S2. The van der Waals surface area contributed by atoms with E-state index in [0.29, 0.717) is 26.2 Å². The number of nitrogens with one attached hydrogen (secondary N) is 1. The molecule has 1 saturated heterocycles. The van der Waals surface area contributed by atoms with Crippen molar-refractivity contribution < 1.29 is 13.2 Å². The molecule has 0 aromatic carbocycles. The lowest BCUT2D eigenvalue weighted by molar-refractivity contribution is -0.124. The van der Waals surface area contributed by atoms with Gasteiger partial charge in [0.25, 0.3) is 10.2 Å². The summed E-state index contributed by atoms with van der Waals surface area (Å²) in [6, 6.07) is 3.97. The van der Waals surface area contributed by atoms with E-state index >= 15 is 0 Å². The van der Waals surface area contributed by atoms with E-state index < -0.39 is 10.2 Å². The highest BCUT2D eigenvalue weighted by atomic mass is 32.2. The maximum Gasteiger partial charge on any atom is 0.276 e. The Morgan fingerprint density at radius 2 is 1.96 bits per heavy atom. The summed E-state index contributed by atoms with van der Waals surface area (Å²) in [6.07, 6.45) is 0. The molecular weight excluding hydrogens is 348 g/mol. The quantitative estimate of drug-likeness (QED) is 0.796. The highest BCUT2D eigenvalue weighted by Gasteiger charge is 2.30. The number of rotatable bonds is 5. The summed E-state index contributed by atoms with van der Waals surface area (Å²) in [7, 11) is -3.64. The van der Waals surface area contributed by atoms with Crippen molar-refractivity contribution >= 4 is 27.5 Å². The summed E-state index contributed by atoms with van der Waals surface area (Å²) in [5.74, 6) is -0.0487. The average Bonchev–Trinajstić information content (AvgIpc) is 2.97. The van der Waals surface area contributed by atoms with Crippen LogP contribution in [-0.4, -0.2) is 56.3 Å². The summed E-state index contributed by atoms with van der Waals surface area (Å²) in [5.41, 5.74) is -0.0904. The van der Waals surface area contributed by atoms with Gasteiger partial charge in [-0.2, -0.15) is 12.7 Å². The van der Waals surface area contributed by atoms with Gasteiger partial charge in [-0.1, -0.05) is 26.8 Å². The van der Waals surface area contributed by atoms with Crippen LogP contribution in [0.15, 0.2) is 17.5 Å². The van der Waals surface area contributed by atoms with E-state index in [9.17, 15) is 13.2 Å². The number of nitrogens with zero attached hydrogens (tertiary/aromatic N) is 2. The van der Waals surface area contributed by atoms with Crippen molar-refractivity contribution in [3.8, 4) is 0 Å². The smallest absolute Gasteiger partial charge is 0.276 e. The molecule has 1 unspecified atom stereocenters. The first-order chi connectivity index (χ1) is 11.1. The molecule has 7 nitrogen and oxygen atoms in total. The van der Waals surface area contributed by atoms with Crippen molar-refractivity contribution in [1.82, 2.24) is 14.5 Å². The number of carbonyl (C=O) groups excluding carboxylic acids is 1. The largest absolute Gasteiger partial charge is 0.347 e. The molecule has 0 spiro atoms. The van der Waals surface area contributed by atoms with Gasteiger partial charge in [-0.3, -0.25) is 9.69 Å². The van der Waals surface area contributed by atoms with Gasteiger partial charge in [0.2, 0.25) is 5.91 Å². The number of hydrogen-bond acceptors (Lipinski definition) is 5. The third-order valence-electron chi connectivity index (χ3n) is 4.06. The maximum absolute atomic E-state index is 12.4. The average molecular weight is 375 g/mol. The third-order valence-corrected chi connectivity index (χ3v) is 6.08. The monoisotopic (exact) mass is 374 g/mol. The first-order valence-electron chi connectivity index (χ1n) is 7.90. The fourth-order valence-electron chi connectivity index (χ4n) is 2.72. The molecule has 0 aliphatic carbocycles. The van der Waals surface area contributed by atoms with Gasteiger partial charge in [-0.15, -0.1) is 11.3 Å². The van der Waals surface area contributed by atoms with Crippen molar-refractivity contribution in [2.24, 2.45) is 10.6 Å². The Morgan fingerprint density at radius 1 is 1.33 bits per heavy atom. The Kier molecular flexibility index (Phi) is 6.03. The molecule has 1 amide bonds. The van der Waals surface area contributed by atoms with E-state index in [0.717, 1.165) is 4.88 Å². The van der Waals surface area contributed by atoms with Gasteiger partial charge in [0, 0.05) is 31.1 Å². The SMILES string of the molecule is CC(C)(C)C(NC(=O)CN1CCN(S(N)(=O)=O)CC1)c1cccs1. The second-order valence-electron chi connectivity index (χ2n) is 7.10. The van der Waals surface area contributed by atoms with Gasteiger partial charge in [0.05, 0.1) is 12.6 Å². The van der Waals surface area contributed by atoms with Crippen LogP contribution in [0.3, 0.4) is 0 Å². The topological polar surface area (TPSA) is 95.7 Å². The first-order valence-corrected chi connectivity index (χ1v) is 10.3. The lowest BCUT2D eigenvalue weighted by Gasteiger charge is -2.34. The lowest BCUT2D eigenvalue weighted by atomic mass is 9.85. The Labute approximate surface area is 148 Å². The zero-order valence-electron chi connectivity index (χ0n) is 14.4. The molecule has 0 bridgehead atoms. The zero-order chi connectivity index (χ0) is 18.0. The van der Waals surface area contributed by atoms with E-state index in [2.05, 4.69) is 26.1 Å². The summed E-state index contributed by atoms with van der Waals surface area (Å²) in [6.45, 7) is 8.20. The number of amides is 1. The van der Waals surface area contributed by atoms with Crippen LogP contribution >= 0.6 is 11.3 Å². The fraction of sp³-hybridized carbons (Fsp3) is 0.667. The molecule has 9 heteroatoms. The third kappa shape index (κ3) is 5.25. The molecule has 2 rings (SSSR count). The van der Waals surface area contributed by atoms with Crippen LogP contribution in [0.2, 0.25) is 0 Å². The molecule has 1 atom stereocenters. The number of hydrogen-bond donors (Lipinski definition) is 2. The van der Waals surface area contributed by atoms with Gasteiger partial charge >= 0.3 is 0 Å². The van der Waals surface area contributed by atoms with Gasteiger partial charge in [0.1, 0.15) is 0 Å². The molecule has 3 N–H and O–H groups in total.